The second-order valence-corrected chi connectivity index (χ2v) is 7.54. The third-order valence-corrected chi connectivity index (χ3v) is 4.63. The Balaban J connectivity index is 2.02. The van der Waals surface area contributed by atoms with E-state index in [9.17, 15) is 18.0 Å². The molecule has 2 rings (SSSR count). The van der Waals surface area contributed by atoms with E-state index in [1.165, 1.54) is 11.2 Å². The van der Waals surface area contributed by atoms with E-state index >= 15 is 0 Å². The third-order valence-electron chi connectivity index (χ3n) is 3.44. The Bertz CT molecular complexity index is 681. The van der Waals surface area contributed by atoms with Gasteiger partial charge in [0.1, 0.15) is 0 Å². The minimum atomic E-state index is -3.46. The number of anilines is 2. The summed E-state index contributed by atoms with van der Waals surface area (Å²) in [5.41, 5.74) is 1.08. The molecule has 0 saturated heterocycles. The molecule has 126 valence electrons. The Morgan fingerprint density at radius 1 is 1.22 bits per heavy atom. The fourth-order valence-corrected chi connectivity index (χ4v) is 3.10. The van der Waals surface area contributed by atoms with E-state index in [4.69, 9.17) is 0 Å². The van der Waals surface area contributed by atoms with Crippen molar-refractivity contribution in [1.29, 1.82) is 0 Å². The molecule has 0 aromatic heterocycles. The van der Waals surface area contributed by atoms with Crippen molar-refractivity contribution in [2.45, 2.75) is 19.8 Å². The first kappa shape index (κ1) is 17.3. The van der Waals surface area contributed by atoms with Crippen LogP contribution in [0.5, 0.6) is 0 Å². The van der Waals surface area contributed by atoms with Crippen LogP contribution in [-0.2, 0) is 19.6 Å². The van der Waals surface area contributed by atoms with Crippen LogP contribution in [0, 0.1) is 5.92 Å². The normalized spacial score (nSPS) is 14.2. The van der Waals surface area contributed by atoms with E-state index in [1.807, 2.05) is 0 Å². The van der Waals surface area contributed by atoms with Gasteiger partial charge in [0.15, 0.2) is 0 Å². The molecule has 1 aliphatic carbocycles. The number of nitrogens with one attached hydrogen (secondary N) is 2. The van der Waals surface area contributed by atoms with Crippen molar-refractivity contribution in [2.24, 2.45) is 5.92 Å². The molecule has 0 unspecified atom stereocenters. The SMILES string of the molecule is CC(=O)Nc1ccc(N(CCNC(=O)C2CC2)S(C)(=O)=O)cc1. The fourth-order valence-electron chi connectivity index (χ4n) is 2.17. The summed E-state index contributed by atoms with van der Waals surface area (Å²) in [7, 11) is -3.46. The van der Waals surface area contributed by atoms with Crippen LogP contribution >= 0.6 is 0 Å². The van der Waals surface area contributed by atoms with E-state index in [2.05, 4.69) is 10.6 Å². The van der Waals surface area contributed by atoms with Crippen molar-refractivity contribution < 1.29 is 18.0 Å². The van der Waals surface area contributed by atoms with Crippen LogP contribution in [0.15, 0.2) is 24.3 Å². The molecular weight excluding hydrogens is 318 g/mol. The van der Waals surface area contributed by atoms with Gasteiger partial charge >= 0.3 is 0 Å². The molecule has 1 aromatic carbocycles. The van der Waals surface area contributed by atoms with Crippen molar-refractivity contribution in [1.82, 2.24) is 5.32 Å². The summed E-state index contributed by atoms with van der Waals surface area (Å²) in [4.78, 5) is 22.6. The molecular formula is C15H21N3O4S. The highest BCUT2D eigenvalue weighted by molar-refractivity contribution is 7.92. The molecule has 0 radical (unpaired) electrons. The lowest BCUT2D eigenvalue weighted by Crippen LogP contribution is -2.38. The van der Waals surface area contributed by atoms with Crippen molar-refractivity contribution in [3.63, 3.8) is 0 Å². The molecule has 0 atom stereocenters. The lowest BCUT2D eigenvalue weighted by molar-refractivity contribution is -0.122. The summed E-state index contributed by atoms with van der Waals surface area (Å²) >= 11 is 0. The standard InChI is InChI=1S/C15H21N3O4S/c1-11(19)17-13-5-7-14(8-6-13)18(23(2,21)22)10-9-16-15(20)12-3-4-12/h5-8,12H,3-4,9-10H2,1-2H3,(H,16,20)(H,17,19). The van der Waals surface area contributed by atoms with Crippen LogP contribution in [0.25, 0.3) is 0 Å². The maximum Gasteiger partial charge on any atom is 0.232 e. The first-order chi connectivity index (χ1) is 10.8. The number of sulfonamides is 1. The van der Waals surface area contributed by atoms with E-state index < -0.39 is 10.0 Å². The van der Waals surface area contributed by atoms with Gasteiger partial charge in [-0.1, -0.05) is 0 Å². The highest BCUT2D eigenvalue weighted by Crippen LogP contribution is 2.28. The summed E-state index contributed by atoms with van der Waals surface area (Å²) in [6, 6.07) is 6.51. The Hall–Kier alpha value is -2.09. The maximum absolute atomic E-state index is 12.0. The lowest BCUT2D eigenvalue weighted by atomic mass is 10.2. The van der Waals surface area contributed by atoms with Gasteiger partial charge in [0.05, 0.1) is 18.5 Å². The average molecular weight is 339 g/mol. The molecule has 2 amide bonds. The Kier molecular flexibility index (Phi) is 5.25. The zero-order chi connectivity index (χ0) is 17.0. The minimum absolute atomic E-state index is 0.0144. The summed E-state index contributed by atoms with van der Waals surface area (Å²) in [6.45, 7) is 1.83. The van der Waals surface area contributed by atoms with Gasteiger partial charge in [-0.3, -0.25) is 13.9 Å². The molecule has 23 heavy (non-hydrogen) atoms. The largest absolute Gasteiger partial charge is 0.354 e. The number of rotatable bonds is 7. The molecule has 0 aliphatic heterocycles. The van der Waals surface area contributed by atoms with Gasteiger partial charge in [-0.2, -0.15) is 0 Å². The first-order valence-electron chi connectivity index (χ1n) is 7.40. The summed E-state index contributed by atoms with van der Waals surface area (Å²) in [5.74, 6) is -0.112. The Morgan fingerprint density at radius 2 is 1.83 bits per heavy atom. The van der Waals surface area contributed by atoms with Crippen LogP contribution < -0.4 is 14.9 Å². The number of carbonyl (C=O) groups excluding carboxylic acids is 2. The smallest absolute Gasteiger partial charge is 0.232 e. The quantitative estimate of drug-likeness (QED) is 0.773. The van der Waals surface area contributed by atoms with Gasteiger partial charge in [0, 0.05) is 25.1 Å². The van der Waals surface area contributed by atoms with E-state index in [0.29, 0.717) is 11.4 Å². The molecule has 1 saturated carbocycles. The van der Waals surface area contributed by atoms with Crippen LogP contribution in [0.1, 0.15) is 19.8 Å². The average Bonchev–Trinajstić information content (AvgIpc) is 3.27. The van der Waals surface area contributed by atoms with Crippen LogP contribution in [0.4, 0.5) is 11.4 Å². The lowest BCUT2D eigenvalue weighted by Gasteiger charge is -2.22. The molecule has 1 aliphatic rings. The van der Waals surface area contributed by atoms with E-state index in [1.54, 1.807) is 24.3 Å². The van der Waals surface area contributed by atoms with Crippen molar-refractivity contribution in [3.8, 4) is 0 Å². The molecule has 2 N–H and O–H groups in total. The van der Waals surface area contributed by atoms with Crippen LogP contribution in [0.2, 0.25) is 0 Å². The maximum atomic E-state index is 12.0. The monoisotopic (exact) mass is 339 g/mol. The van der Waals surface area contributed by atoms with Gasteiger partial charge in [0.2, 0.25) is 21.8 Å². The van der Waals surface area contributed by atoms with Gasteiger partial charge in [-0.05, 0) is 37.1 Å². The Labute approximate surface area is 136 Å². The summed E-state index contributed by atoms with van der Waals surface area (Å²) in [6.07, 6.45) is 2.94. The molecule has 1 aromatic rings. The van der Waals surface area contributed by atoms with Gasteiger partial charge < -0.3 is 10.6 Å². The van der Waals surface area contributed by atoms with Crippen molar-refractivity contribution in [3.05, 3.63) is 24.3 Å². The number of carbonyl (C=O) groups is 2. The molecule has 0 heterocycles. The summed E-state index contributed by atoms with van der Waals surface area (Å²) < 4.78 is 25.2. The second-order valence-electron chi connectivity index (χ2n) is 5.63. The van der Waals surface area contributed by atoms with Crippen LogP contribution in [0.3, 0.4) is 0 Å². The number of benzene rings is 1. The predicted octanol–water partition coefficient (Wildman–Crippen LogP) is 0.937. The third kappa shape index (κ3) is 5.24. The first-order valence-corrected chi connectivity index (χ1v) is 9.25. The number of amides is 2. The highest BCUT2D eigenvalue weighted by atomic mass is 32.2. The molecule has 1 fully saturated rings. The van der Waals surface area contributed by atoms with Crippen molar-refractivity contribution >= 4 is 33.2 Å². The second kappa shape index (κ2) is 6.99. The molecule has 0 spiro atoms. The van der Waals surface area contributed by atoms with Crippen molar-refractivity contribution in [2.75, 3.05) is 29.0 Å². The zero-order valence-corrected chi connectivity index (χ0v) is 14.0. The number of hydrogen-bond acceptors (Lipinski definition) is 4. The van der Waals surface area contributed by atoms with E-state index in [-0.39, 0.29) is 30.8 Å². The molecule has 7 nitrogen and oxygen atoms in total. The molecule has 8 heteroatoms. The van der Waals surface area contributed by atoms with Gasteiger partial charge in [0.25, 0.3) is 0 Å². The van der Waals surface area contributed by atoms with E-state index in [0.717, 1.165) is 19.1 Å². The predicted molar refractivity (Wildman–Crippen MR) is 88.7 cm³/mol. The number of nitrogens with zero attached hydrogens (tertiary/aromatic N) is 1. The van der Waals surface area contributed by atoms with Gasteiger partial charge in [-0.25, -0.2) is 8.42 Å². The topological polar surface area (TPSA) is 95.6 Å². The zero-order valence-electron chi connectivity index (χ0n) is 13.2. The Morgan fingerprint density at radius 3 is 2.30 bits per heavy atom. The molecule has 0 bridgehead atoms. The van der Waals surface area contributed by atoms with Gasteiger partial charge in [-0.15, -0.1) is 0 Å². The fraction of sp³-hybridized carbons (Fsp3) is 0.467. The van der Waals surface area contributed by atoms with Crippen LogP contribution in [-0.4, -0.2) is 39.6 Å². The highest BCUT2D eigenvalue weighted by Gasteiger charge is 2.29. The minimum Gasteiger partial charge on any atom is -0.354 e. The summed E-state index contributed by atoms with van der Waals surface area (Å²) in [5, 5.41) is 5.38. The number of hydrogen-bond donors (Lipinski definition) is 2.